The molecule has 1 fully saturated rings. The van der Waals surface area contributed by atoms with E-state index < -0.39 is 11.7 Å². The summed E-state index contributed by atoms with van der Waals surface area (Å²) in [5.74, 6) is -0.686. The van der Waals surface area contributed by atoms with Crippen LogP contribution in [0.25, 0.3) is 0 Å². The van der Waals surface area contributed by atoms with Crippen molar-refractivity contribution in [2.75, 3.05) is 6.54 Å². The van der Waals surface area contributed by atoms with Crippen molar-refractivity contribution in [2.45, 2.75) is 31.1 Å². The molecule has 1 aliphatic carbocycles. The Labute approximate surface area is 122 Å². The molecule has 0 spiro atoms. The van der Waals surface area contributed by atoms with Crippen LogP contribution in [-0.4, -0.2) is 17.8 Å². The molecule has 1 amide bonds. The molecule has 0 bridgehead atoms. The SMILES string of the molecule is O=C(NCC1CCCC(Cl)C1)c1c(F)cccc1Cl. The molecule has 0 aromatic heterocycles. The highest BCUT2D eigenvalue weighted by Crippen LogP contribution is 2.27. The van der Waals surface area contributed by atoms with Gasteiger partial charge in [0.05, 0.1) is 10.6 Å². The smallest absolute Gasteiger partial charge is 0.255 e. The van der Waals surface area contributed by atoms with E-state index in [1.807, 2.05) is 0 Å². The quantitative estimate of drug-likeness (QED) is 0.840. The zero-order chi connectivity index (χ0) is 13.8. The monoisotopic (exact) mass is 303 g/mol. The summed E-state index contributed by atoms with van der Waals surface area (Å²) in [5.41, 5.74) is -0.0811. The molecule has 2 atom stereocenters. The highest BCUT2D eigenvalue weighted by Gasteiger charge is 2.22. The predicted molar refractivity (Wildman–Crippen MR) is 75.3 cm³/mol. The maximum Gasteiger partial charge on any atom is 0.255 e. The molecule has 1 aromatic carbocycles. The molecule has 2 nitrogen and oxygen atoms in total. The fraction of sp³-hybridized carbons (Fsp3) is 0.500. The largest absolute Gasteiger partial charge is 0.352 e. The Morgan fingerprint density at radius 1 is 1.42 bits per heavy atom. The van der Waals surface area contributed by atoms with Crippen molar-refractivity contribution in [2.24, 2.45) is 5.92 Å². The summed E-state index contributed by atoms with van der Waals surface area (Å²) in [7, 11) is 0. The van der Waals surface area contributed by atoms with Crippen molar-refractivity contribution in [1.82, 2.24) is 5.32 Å². The lowest BCUT2D eigenvalue weighted by atomic mass is 9.89. The first-order valence-corrected chi connectivity index (χ1v) is 7.25. The first-order chi connectivity index (χ1) is 9.08. The lowest BCUT2D eigenvalue weighted by molar-refractivity contribution is 0.0940. The minimum Gasteiger partial charge on any atom is -0.352 e. The normalized spacial score (nSPS) is 23.1. The Morgan fingerprint density at radius 2 is 2.21 bits per heavy atom. The second-order valence-corrected chi connectivity index (χ2v) is 5.96. The van der Waals surface area contributed by atoms with Crippen molar-refractivity contribution in [3.63, 3.8) is 0 Å². The van der Waals surface area contributed by atoms with E-state index in [0.717, 1.165) is 25.7 Å². The molecule has 5 heteroatoms. The summed E-state index contributed by atoms with van der Waals surface area (Å²) in [6.45, 7) is 0.521. The van der Waals surface area contributed by atoms with Gasteiger partial charge in [-0.05, 0) is 37.3 Å². The second-order valence-electron chi connectivity index (χ2n) is 4.94. The molecule has 0 heterocycles. The Morgan fingerprint density at radius 3 is 2.89 bits per heavy atom. The zero-order valence-electron chi connectivity index (χ0n) is 10.5. The van der Waals surface area contributed by atoms with E-state index >= 15 is 0 Å². The number of hydrogen-bond acceptors (Lipinski definition) is 1. The molecule has 0 aliphatic heterocycles. The number of benzene rings is 1. The lowest BCUT2D eigenvalue weighted by Gasteiger charge is -2.25. The van der Waals surface area contributed by atoms with Crippen molar-refractivity contribution < 1.29 is 9.18 Å². The van der Waals surface area contributed by atoms with Crippen molar-refractivity contribution in [1.29, 1.82) is 0 Å². The summed E-state index contributed by atoms with van der Waals surface area (Å²) < 4.78 is 13.6. The van der Waals surface area contributed by atoms with Gasteiger partial charge in [0.25, 0.3) is 5.91 Å². The van der Waals surface area contributed by atoms with Crippen LogP contribution in [0, 0.1) is 11.7 Å². The van der Waals surface area contributed by atoms with E-state index in [4.69, 9.17) is 23.2 Å². The Kier molecular flexibility index (Phi) is 5.06. The number of carbonyl (C=O) groups is 1. The molecule has 104 valence electrons. The minimum absolute atomic E-state index is 0.0811. The topological polar surface area (TPSA) is 29.1 Å². The standard InChI is InChI=1S/C14H16Cl2FNO/c15-10-4-1-3-9(7-10)8-18-14(19)13-11(16)5-2-6-12(13)17/h2,5-6,9-10H,1,3-4,7-8H2,(H,18,19). The van der Waals surface area contributed by atoms with Gasteiger partial charge in [-0.25, -0.2) is 4.39 Å². The van der Waals surface area contributed by atoms with Crippen LogP contribution in [0.2, 0.25) is 5.02 Å². The van der Waals surface area contributed by atoms with Crippen LogP contribution in [0.4, 0.5) is 4.39 Å². The van der Waals surface area contributed by atoms with Crippen LogP contribution < -0.4 is 5.32 Å². The molecule has 2 rings (SSSR count). The van der Waals surface area contributed by atoms with Crippen LogP contribution >= 0.6 is 23.2 Å². The van der Waals surface area contributed by atoms with E-state index in [-0.39, 0.29) is 16.0 Å². The molecular weight excluding hydrogens is 288 g/mol. The summed E-state index contributed by atoms with van der Waals surface area (Å²) in [6.07, 6.45) is 4.06. The van der Waals surface area contributed by atoms with Gasteiger partial charge in [-0.1, -0.05) is 24.1 Å². The average molecular weight is 304 g/mol. The Balaban J connectivity index is 1.94. The van der Waals surface area contributed by atoms with Gasteiger partial charge < -0.3 is 5.32 Å². The summed E-state index contributed by atoms with van der Waals surface area (Å²) in [5, 5.41) is 3.07. The number of alkyl halides is 1. The van der Waals surface area contributed by atoms with Gasteiger partial charge in [0.2, 0.25) is 0 Å². The third kappa shape index (κ3) is 3.83. The van der Waals surface area contributed by atoms with Gasteiger partial charge in [-0.15, -0.1) is 11.6 Å². The van der Waals surface area contributed by atoms with Gasteiger partial charge >= 0.3 is 0 Å². The molecule has 1 saturated carbocycles. The number of halogens is 3. The Hall–Kier alpha value is -0.800. The molecular formula is C14H16Cl2FNO. The number of amides is 1. The third-order valence-corrected chi connectivity index (χ3v) is 4.17. The van der Waals surface area contributed by atoms with E-state index in [0.29, 0.717) is 12.5 Å². The first-order valence-electron chi connectivity index (χ1n) is 6.44. The van der Waals surface area contributed by atoms with Gasteiger partial charge in [-0.2, -0.15) is 0 Å². The van der Waals surface area contributed by atoms with Gasteiger partial charge in [-0.3, -0.25) is 4.79 Å². The highest BCUT2D eigenvalue weighted by molar-refractivity contribution is 6.33. The van der Waals surface area contributed by atoms with Gasteiger partial charge in [0.1, 0.15) is 5.82 Å². The van der Waals surface area contributed by atoms with E-state index in [9.17, 15) is 9.18 Å². The first kappa shape index (κ1) is 14.6. The average Bonchev–Trinajstić information content (AvgIpc) is 2.36. The number of carbonyl (C=O) groups excluding carboxylic acids is 1. The molecule has 1 aromatic rings. The summed E-state index contributed by atoms with van der Waals surface area (Å²) >= 11 is 11.9. The van der Waals surface area contributed by atoms with Crippen LogP contribution in [0.15, 0.2) is 18.2 Å². The number of nitrogens with one attached hydrogen (secondary N) is 1. The van der Waals surface area contributed by atoms with Crippen LogP contribution in [0.5, 0.6) is 0 Å². The lowest BCUT2D eigenvalue weighted by Crippen LogP contribution is -2.32. The zero-order valence-corrected chi connectivity index (χ0v) is 12.0. The number of hydrogen-bond donors (Lipinski definition) is 1. The third-order valence-electron chi connectivity index (χ3n) is 3.46. The van der Waals surface area contributed by atoms with E-state index in [2.05, 4.69) is 5.32 Å². The van der Waals surface area contributed by atoms with Crippen molar-refractivity contribution in [3.8, 4) is 0 Å². The van der Waals surface area contributed by atoms with Gasteiger partial charge in [0, 0.05) is 11.9 Å². The van der Waals surface area contributed by atoms with Crippen LogP contribution in [-0.2, 0) is 0 Å². The number of rotatable bonds is 3. The summed E-state index contributed by atoms with van der Waals surface area (Å²) in [6, 6.07) is 4.22. The molecule has 0 saturated heterocycles. The molecule has 1 aliphatic rings. The van der Waals surface area contributed by atoms with E-state index in [1.54, 1.807) is 0 Å². The molecule has 2 unspecified atom stereocenters. The van der Waals surface area contributed by atoms with E-state index in [1.165, 1.54) is 18.2 Å². The maximum absolute atomic E-state index is 13.6. The molecule has 1 N–H and O–H groups in total. The van der Waals surface area contributed by atoms with Crippen LogP contribution in [0.3, 0.4) is 0 Å². The molecule has 19 heavy (non-hydrogen) atoms. The fourth-order valence-electron chi connectivity index (χ4n) is 2.45. The molecule has 0 radical (unpaired) electrons. The fourth-order valence-corrected chi connectivity index (χ4v) is 3.11. The van der Waals surface area contributed by atoms with Crippen molar-refractivity contribution in [3.05, 3.63) is 34.6 Å². The summed E-state index contributed by atoms with van der Waals surface area (Å²) in [4.78, 5) is 11.9. The predicted octanol–water partition coefficient (Wildman–Crippen LogP) is 4.01. The Bertz CT molecular complexity index is 447. The minimum atomic E-state index is -0.594. The van der Waals surface area contributed by atoms with Crippen LogP contribution in [0.1, 0.15) is 36.0 Å². The van der Waals surface area contributed by atoms with Crippen molar-refractivity contribution >= 4 is 29.1 Å². The maximum atomic E-state index is 13.6. The second kappa shape index (κ2) is 6.58. The highest BCUT2D eigenvalue weighted by atomic mass is 35.5. The van der Waals surface area contributed by atoms with Gasteiger partial charge in [0.15, 0.2) is 0 Å².